The van der Waals surface area contributed by atoms with Crippen molar-refractivity contribution >= 4 is 21.4 Å². The molecule has 150 valence electrons. The normalized spacial score (nSPS) is 17.4. The van der Waals surface area contributed by atoms with Gasteiger partial charge in [-0.3, -0.25) is 9.69 Å². The Morgan fingerprint density at radius 3 is 2.64 bits per heavy atom. The zero-order valence-corrected chi connectivity index (χ0v) is 17.0. The number of nitrogens with zero attached hydrogens (tertiary/aromatic N) is 1. The van der Waals surface area contributed by atoms with E-state index in [0.29, 0.717) is 12.3 Å². The van der Waals surface area contributed by atoms with Crippen LogP contribution >= 0.6 is 0 Å². The van der Waals surface area contributed by atoms with Gasteiger partial charge in [-0.1, -0.05) is 18.2 Å². The lowest BCUT2D eigenvalue weighted by Gasteiger charge is -2.24. The Bertz CT molecular complexity index is 926. The minimum Gasteiger partial charge on any atom is -0.494 e. The fourth-order valence-electron chi connectivity index (χ4n) is 3.54. The quantitative estimate of drug-likeness (QED) is 0.769. The summed E-state index contributed by atoms with van der Waals surface area (Å²) < 4.78 is 28.9. The van der Waals surface area contributed by atoms with E-state index in [4.69, 9.17) is 4.74 Å². The predicted molar refractivity (Wildman–Crippen MR) is 109 cm³/mol. The molecule has 0 aromatic heterocycles. The van der Waals surface area contributed by atoms with Gasteiger partial charge in [-0.25, -0.2) is 8.42 Å². The van der Waals surface area contributed by atoms with Gasteiger partial charge in [-0.2, -0.15) is 0 Å². The molecule has 1 fully saturated rings. The molecule has 1 heterocycles. The van der Waals surface area contributed by atoms with Gasteiger partial charge in [0.05, 0.1) is 18.0 Å². The number of nitrogens with one attached hydrogen (secondary N) is 1. The molecule has 0 aliphatic carbocycles. The third-order valence-corrected chi connectivity index (χ3v) is 5.94. The average molecular weight is 403 g/mol. The van der Waals surface area contributed by atoms with Crippen LogP contribution in [0.1, 0.15) is 31.4 Å². The highest BCUT2D eigenvalue weighted by molar-refractivity contribution is 7.90. The minimum absolute atomic E-state index is 0.150. The lowest BCUT2D eigenvalue weighted by molar-refractivity contribution is -0.117. The van der Waals surface area contributed by atoms with Crippen molar-refractivity contribution in [3.8, 4) is 5.75 Å². The number of hydrogen-bond donors (Lipinski definition) is 1. The van der Waals surface area contributed by atoms with Crippen LogP contribution in [0.15, 0.2) is 53.4 Å². The number of ether oxygens (including phenoxy) is 1. The average Bonchev–Trinajstić information content (AvgIpc) is 3.10. The topological polar surface area (TPSA) is 75.7 Å². The number of likely N-dealkylation sites (tertiary alicyclic amines) is 1. The fourth-order valence-corrected chi connectivity index (χ4v) is 4.20. The van der Waals surface area contributed by atoms with Gasteiger partial charge in [-0.05, 0) is 62.2 Å². The molecule has 0 radical (unpaired) electrons. The van der Waals surface area contributed by atoms with Crippen molar-refractivity contribution in [3.05, 3.63) is 54.1 Å². The number of rotatable bonds is 7. The first kappa shape index (κ1) is 20.4. The highest BCUT2D eigenvalue weighted by Crippen LogP contribution is 2.32. The van der Waals surface area contributed by atoms with E-state index in [2.05, 4.69) is 22.3 Å². The zero-order valence-electron chi connectivity index (χ0n) is 16.2. The Morgan fingerprint density at radius 1 is 1.21 bits per heavy atom. The van der Waals surface area contributed by atoms with Crippen LogP contribution in [0, 0.1) is 0 Å². The van der Waals surface area contributed by atoms with Gasteiger partial charge in [0.25, 0.3) is 0 Å². The molecule has 3 rings (SSSR count). The summed E-state index contributed by atoms with van der Waals surface area (Å²) in [5, 5.41) is 2.81. The Morgan fingerprint density at radius 2 is 1.96 bits per heavy atom. The van der Waals surface area contributed by atoms with E-state index in [1.807, 2.05) is 19.1 Å². The molecule has 2 aromatic rings. The number of hydrogen-bond acceptors (Lipinski definition) is 5. The maximum Gasteiger partial charge on any atom is 0.238 e. The number of anilines is 1. The monoisotopic (exact) mass is 402 g/mol. The summed E-state index contributed by atoms with van der Waals surface area (Å²) >= 11 is 0. The van der Waals surface area contributed by atoms with Crippen molar-refractivity contribution in [2.75, 3.05) is 31.3 Å². The van der Waals surface area contributed by atoms with Crippen molar-refractivity contribution < 1.29 is 17.9 Å². The summed E-state index contributed by atoms with van der Waals surface area (Å²) in [6.45, 7) is 3.71. The van der Waals surface area contributed by atoms with Gasteiger partial charge < -0.3 is 10.1 Å². The van der Waals surface area contributed by atoms with E-state index in [1.165, 1.54) is 17.7 Å². The summed E-state index contributed by atoms with van der Waals surface area (Å²) in [7, 11) is -3.31. The van der Waals surface area contributed by atoms with Gasteiger partial charge in [0.1, 0.15) is 5.75 Å². The van der Waals surface area contributed by atoms with Crippen LogP contribution in [-0.4, -0.2) is 45.2 Å². The maximum atomic E-state index is 12.5. The van der Waals surface area contributed by atoms with Crippen molar-refractivity contribution in [2.24, 2.45) is 0 Å². The smallest absolute Gasteiger partial charge is 0.238 e. The molecule has 28 heavy (non-hydrogen) atoms. The molecule has 1 unspecified atom stereocenters. The lowest BCUT2D eigenvalue weighted by atomic mass is 10.0. The summed E-state index contributed by atoms with van der Waals surface area (Å²) in [5.41, 5.74) is 1.66. The Labute approximate surface area is 166 Å². The Kier molecular flexibility index (Phi) is 6.36. The summed E-state index contributed by atoms with van der Waals surface area (Å²) in [4.78, 5) is 14.9. The molecule has 0 saturated carbocycles. The number of carbonyl (C=O) groups excluding carboxylic acids is 1. The molecule has 1 amide bonds. The third-order valence-electron chi connectivity index (χ3n) is 4.83. The number of amides is 1. The SMILES string of the molecule is CCOc1ccc(C2CCCN2CC(=O)Nc2cccc(S(C)(=O)=O)c2)cc1. The van der Waals surface area contributed by atoms with Crippen LogP contribution in [0.3, 0.4) is 0 Å². The van der Waals surface area contributed by atoms with Crippen LogP contribution in [0.25, 0.3) is 0 Å². The molecular weight excluding hydrogens is 376 g/mol. The molecule has 1 N–H and O–H groups in total. The molecular formula is C21H26N2O4S. The van der Waals surface area contributed by atoms with Crippen LogP contribution in [0.5, 0.6) is 5.75 Å². The molecule has 1 saturated heterocycles. The first-order valence-corrected chi connectivity index (χ1v) is 11.3. The third kappa shape index (κ3) is 5.11. The van der Waals surface area contributed by atoms with Crippen LogP contribution in [0.4, 0.5) is 5.69 Å². The van der Waals surface area contributed by atoms with Crippen LogP contribution in [0.2, 0.25) is 0 Å². The predicted octanol–water partition coefficient (Wildman–Crippen LogP) is 3.26. The van der Waals surface area contributed by atoms with Crippen LogP contribution < -0.4 is 10.1 Å². The van der Waals surface area contributed by atoms with Gasteiger partial charge in [0, 0.05) is 18.0 Å². The number of benzene rings is 2. The summed E-state index contributed by atoms with van der Waals surface area (Å²) in [5.74, 6) is 0.697. The second kappa shape index (κ2) is 8.75. The van der Waals surface area contributed by atoms with Crippen molar-refractivity contribution in [1.82, 2.24) is 4.90 Å². The fraction of sp³-hybridized carbons (Fsp3) is 0.381. The molecule has 6 nitrogen and oxygen atoms in total. The Balaban J connectivity index is 1.64. The molecule has 1 aliphatic rings. The van der Waals surface area contributed by atoms with Crippen molar-refractivity contribution in [3.63, 3.8) is 0 Å². The summed E-state index contributed by atoms with van der Waals surface area (Å²) in [6.07, 6.45) is 3.19. The summed E-state index contributed by atoms with van der Waals surface area (Å²) in [6, 6.07) is 14.6. The molecule has 7 heteroatoms. The Hall–Kier alpha value is -2.38. The van der Waals surface area contributed by atoms with E-state index in [0.717, 1.165) is 31.4 Å². The van der Waals surface area contributed by atoms with E-state index in [1.54, 1.807) is 12.1 Å². The molecule has 1 aliphatic heterocycles. The second-order valence-corrected chi connectivity index (χ2v) is 8.99. The number of carbonyl (C=O) groups is 1. The zero-order chi connectivity index (χ0) is 20.1. The second-order valence-electron chi connectivity index (χ2n) is 6.98. The van der Waals surface area contributed by atoms with E-state index < -0.39 is 9.84 Å². The molecule has 1 atom stereocenters. The molecule has 0 spiro atoms. The van der Waals surface area contributed by atoms with E-state index in [9.17, 15) is 13.2 Å². The molecule has 2 aromatic carbocycles. The minimum atomic E-state index is -3.31. The first-order chi connectivity index (χ1) is 13.4. The van der Waals surface area contributed by atoms with E-state index in [-0.39, 0.29) is 23.4 Å². The highest BCUT2D eigenvalue weighted by atomic mass is 32.2. The molecule has 0 bridgehead atoms. The van der Waals surface area contributed by atoms with Gasteiger partial charge >= 0.3 is 0 Å². The first-order valence-electron chi connectivity index (χ1n) is 9.43. The van der Waals surface area contributed by atoms with E-state index >= 15 is 0 Å². The highest BCUT2D eigenvalue weighted by Gasteiger charge is 2.27. The maximum absolute atomic E-state index is 12.5. The van der Waals surface area contributed by atoms with Crippen LogP contribution in [-0.2, 0) is 14.6 Å². The number of sulfone groups is 1. The van der Waals surface area contributed by atoms with Gasteiger partial charge in [-0.15, -0.1) is 0 Å². The van der Waals surface area contributed by atoms with Crippen molar-refractivity contribution in [2.45, 2.75) is 30.7 Å². The van der Waals surface area contributed by atoms with Gasteiger partial charge in [0.2, 0.25) is 5.91 Å². The standard InChI is InChI=1S/C21H26N2O4S/c1-3-27-18-11-9-16(10-12-18)20-8-5-13-23(20)15-21(24)22-17-6-4-7-19(14-17)28(2,25)26/h4,6-7,9-12,14,20H,3,5,8,13,15H2,1-2H3,(H,22,24). The van der Waals surface area contributed by atoms with Crippen molar-refractivity contribution in [1.29, 1.82) is 0 Å². The largest absolute Gasteiger partial charge is 0.494 e. The lowest BCUT2D eigenvalue weighted by Crippen LogP contribution is -2.33. The van der Waals surface area contributed by atoms with Gasteiger partial charge in [0.15, 0.2) is 9.84 Å².